The quantitative estimate of drug-likeness (QED) is 0.217. The second kappa shape index (κ2) is 14.0. The molecule has 224 valence electrons. The van der Waals surface area contributed by atoms with Crippen LogP contribution in [-0.4, -0.2) is 44.8 Å². The topological polar surface area (TPSA) is 86.8 Å². The van der Waals surface area contributed by atoms with Gasteiger partial charge in [-0.3, -0.25) is 13.9 Å². The van der Waals surface area contributed by atoms with E-state index in [1.54, 1.807) is 31.2 Å². The molecule has 0 aliphatic heterocycles. The van der Waals surface area contributed by atoms with Gasteiger partial charge in [-0.25, -0.2) is 12.8 Å². The van der Waals surface area contributed by atoms with E-state index in [4.69, 9.17) is 23.2 Å². The van der Waals surface area contributed by atoms with Crippen molar-refractivity contribution in [2.45, 2.75) is 30.8 Å². The Balaban J connectivity index is 1.81. The molecule has 0 heterocycles. The van der Waals surface area contributed by atoms with E-state index in [9.17, 15) is 18.0 Å². The summed E-state index contributed by atoms with van der Waals surface area (Å²) in [6.07, 6.45) is 0.127. The smallest absolute Gasteiger partial charge is 0.264 e. The molecule has 0 spiro atoms. The second-order valence-electron chi connectivity index (χ2n) is 9.85. The predicted molar refractivity (Wildman–Crippen MR) is 167 cm³/mol. The van der Waals surface area contributed by atoms with Gasteiger partial charge in [0.2, 0.25) is 11.8 Å². The Hall–Kier alpha value is -3.92. The summed E-state index contributed by atoms with van der Waals surface area (Å²) in [5.74, 6) is -2.04. The number of nitrogens with zero attached hydrogens (tertiary/aromatic N) is 2. The fourth-order valence-corrected chi connectivity index (χ4v) is 6.45. The van der Waals surface area contributed by atoms with E-state index in [1.165, 1.54) is 48.3 Å². The minimum absolute atomic E-state index is 0.117. The maximum absolute atomic E-state index is 15.1. The van der Waals surface area contributed by atoms with Gasteiger partial charge in [0.25, 0.3) is 10.0 Å². The largest absolute Gasteiger partial charge is 0.357 e. The molecule has 0 fully saturated rings. The zero-order chi connectivity index (χ0) is 31.1. The third-order valence-electron chi connectivity index (χ3n) is 6.88. The van der Waals surface area contributed by atoms with Crippen LogP contribution in [0, 0.1) is 12.7 Å². The van der Waals surface area contributed by atoms with E-state index < -0.39 is 40.2 Å². The number of sulfonamides is 1. The van der Waals surface area contributed by atoms with Crippen LogP contribution in [0.3, 0.4) is 0 Å². The fraction of sp³-hybridized carbons (Fsp3) is 0.188. The number of carbonyl (C=O) groups excluding carboxylic acids is 2. The normalized spacial score (nSPS) is 11.9. The molecule has 4 aromatic rings. The first-order chi connectivity index (χ1) is 20.5. The number of halogens is 3. The van der Waals surface area contributed by atoms with E-state index in [-0.39, 0.29) is 28.6 Å². The van der Waals surface area contributed by atoms with Gasteiger partial charge in [-0.15, -0.1) is 0 Å². The Morgan fingerprint density at radius 3 is 2.19 bits per heavy atom. The number of aryl methyl sites for hydroxylation is 1. The highest BCUT2D eigenvalue weighted by atomic mass is 35.5. The van der Waals surface area contributed by atoms with Crippen molar-refractivity contribution in [1.29, 1.82) is 0 Å². The van der Waals surface area contributed by atoms with E-state index >= 15 is 4.39 Å². The van der Waals surface area contributed by atoms with Crippen LogP contribution in [0.1, 0.15) is 16.7 Å². The molecule has 2 amide bonds. The van der Waals surface area contributed by atoms with Gasteiger partial charge in [-0.2, -0.15) is 0 Å². The van der Waals surface area contributed by atoms with Gasteiger partial charge in [0.05, 0.1) is 10.6 Å². The fourth-order valence-electron chi connectivity index (χ4n) is 4.56. The summed E-state index contributed by atoms with van der Waals surface area (Å²) in [5.41, 5.74) is 1.78. The standard InChI is InChI=1S/C32H30Cl2FN3O4S/c1-22-12-16-26(17-13-22)43(41,42)38(29-11-7-6-10-28(29)35)21-31(39)37(20-24-14-15-25(33)19-27(24)34)30(32(40)36-2)18-23-8-4-3-5-9-23/h3-17,19,30H,18,20-21H2,1-2H3,(H,36,40)/t30-/m1/s1. The van der Waals surface area contributed by atoms with Crippen molar-refractivity contribution in [3.8, 4) is 0 Å². The van der Waals surface area contributed by atoms with Crippen molar-refractivity contribution in [2.75, 3.05) is 17.9 Å². The molecule has 43 heavy (non-hydrogen) atoms. The summed E-state index contributed by atoms with van der Waals surface area (Å²) in [6, 6.07) is 24.1. The number of nitrogens with one attached hydrogen (secondary N) is 1. The predicted octanol–water partition coefficient (Wildman–Crippen LogP) is 6.02. The Kier molecular flexibility index (Phi) is 10.4. The number of anilines is 1. The van der Waals surface area contributed by atoms with Gasteiger partial charge in [-0.05, 0) is 54.4 Å². The van der Waals surface area contributed by atoms with Crippen LogP contribution in [0.25, 0.3) is 0 Å². The average Bonchev–Trinajstić information content (AvgIpc) is 2.99. The number of hydrogen-bond donors (Lipinski definition) is 1. The lowest BCUT2D eigenvalue weighted by atomic mass is 10.0. The summed E-state index contributed by atoms with van der Waals surface area (Å²) in [7, 11) is -2.97. The molecule has 11 heteroatoms. The molecule has 0 unspecified atom stereocenters. The van der Waals surface area contributed by atoms with Gasteiger partial charge in [-0.1, -0.05) is 89.4 Å². The molecular weight excluding hydrogens is 612 g/mol. The summed E-state index contributed by atoms with van der Waals surface area (Å²) in [6.45, 7) is 0.875. The maximum atomic E-state index is 15.1. The van der Waals surface area contributed by atoms with Crippen LogP contribution in [0.5, 0.6) is 0 Å². The number of rotatable bonds is 11. The number of hydrogen-bond acceptors (Lipinski definition) is 4. The van der Waals surface area contributed by atoms with Gasteiger partial charge < -0.3 is 10.2 Å². The first-order valence-electron chi connectivity index (χ1n) is 13.3. The molecule has 4 rings (SSSR count). The Morgan fingerprint density at radius 1 is 0.907 bits per heavy atom. The number of carbonyl (C=O) groups is 2. The summed E-state index contributed by atoms with van der Waals surface area (Å²) >= 11 is 12.6. The van der Waals surface area contributed by atoms with Crippen LogP contribution < -0.4 is 9.62 Å². The highest BCUT2D eigenvalue weighted by Gasteiger charge is 2.35. The molecular formula is C32H30Cl2FN3O4S. The van der Waals surface area contributed by atoms with Crippen LogP contribution in [-0.2, 0) is 32.6 Å². The average molecular weight is 643 g/mol. The molecule has 0 aliphatic carbocycles. The molecule has 1 atom stereocenters. The van der Waals surface area contributed by atoms with Crippen molar-refractivity contribution in [2.24, 2.45) is 0 Å². The lowest BCUT2D eigenvalue weighted by molar-refractivity contribution is -0.139. The van der Waals surface area contributed by atoms with E-state index in [2.05, 4.69) is 5.32 Å². The van der Waals surface area contributed by atoms with Gasteiger partial charge >= 0.3 is 0 Å². The third kappa shape index (κ3) is 7.73. The third-order valence-corrected chi connectivity index (χ3v) is 9.24. The van der Waals surface area contributed by atoms with Crippen LogP contribution in [0.15, 0.2) is 102 Å². The van der Waals surface area contributed by atoms with Gasteiger partial charge in [0, 0.05) is 30.1 Å². The Labute approximate surface area is 260 Å². The van der Waals surface area contributed by atoms with Crippen molar-refractivity contribution < 1.29 is 22.4 Å². The zero-order valence-electron chi connectivity index (χ0n) is 23.5. The Bertz CT molecular complexity index is 1700. The molecule has 7 nitrogen and oxygen atoms in total. The summed E-state index contributed by atoms with van der Waals surface area (Å²) in [5, 5.41) is 3.25. The van der Waals surface area contributed by atoms with Crippen LogP contribution in [0.2, 0.25) is 10.0 Å². The number of amides is 2. The first kappa shape index (κ1) is 32.0. The molecule has 0 bridgehead atoms. The zero-order valence-corrected chi connectivity index (χ0v) is 25.8. The van der Waals surface area contributed by atoms with Crippen molar-refractivity contribution in [3.63, 3.8) is 0 Å². The first-order valence-corrected chi connectivity index (χ1v) is 15.5. The number of likely N-dealkylation sites (N-methyl/N-ethyl adjacent to an activating group) is 1. The molecule has 4 aromatic carbocycles. The maximum Gasteiger partial charge on any atom is 0.264 e. The summed E-state index contributed by atoms with van der Waals surface area (Å²) < 4.78 is 43.7. The van der Waals surface area contributed by atoms with Gasteiger partial charge in [0.15, 0.2) is 0 Å². The van der Waals surface area contributed by atoms with Crippen LogP contribution in [0.4, 0.5) is 10.1 Å². The molecule has 1 N–H and O–H groups in total. The molecule has 0 radical (unpaired) electrons. The minimum atomic E-state index is -4.42. The monoisotopic (exact) mass is 641 g/mol. The highest BCUT2D eigenvalue weighted by molar-refractivity contribution is 7.92. The molecule has 0 saturated carbocycles. The lowest BCUT2D eigenvalue weighted by Gasteiger charge is -2.33. The SMILES string of the molecule is CNC(=O)[C@@H](Cc1ccccc1)N(Cc1ccc(Cl)cc1Cl)C(=O)CN(c1ccccc1F)S(=O)(=O)c1ccc(C)cc1. The van der Waals surface area contributed by atoms with E-state index in [0.29, 0.717) is 10.6 Å². The van der Waals surface area contributed by atoms with E-state index in [1.807, 2.05) is 30.3 Å². The van der Waals surface area contributed by atoms with Crippen molar-refractivity contribution >= 4 is 50.7 Å². The second-order valence-corrected chi connectivity index (χ2v) is 12.6. The number of benzene rings is 4. The van der Waals surface area contributed by atoms with Crippen LogP contribution >= 0.6 is 23.2 Å². The Morgan fingerprint density at radius 2 is 1.56 bits per heavy atom. The molecule has 0 aliphatic rings. The van der Waals surface area contributed by atoms with E-state index in [0.717, 1.165) is 21.5 Å². The number of para-hydroxylation sites is 1. The van der Waals surface area contributed by atoms with Gasteiger partial charge in [0.1, 0.15) is 18.4 Å². The van der Waals surface area contributed by atoms with Crippen molar-refractivity contribution in [3.05, 3.63) is 130 Å². The van der Waals surface area contributed by atoms with Crippen molar-refractivity contribution in [1.82, 2.24) is 10.2 Å². The molecule has 0 aromatic heterocycles. The summed E-state index contributed by atoms with van der Waals surface area (Å²) in [4.78, 5) is 28.7. The lowest BCUT2D eigenvalue weighted by Crippen LogP contribution is -2.53. The molecule has 0 saturated heterocycles. The minimum Gasteiger partial charge on any atom is -0.357 e. The highest BCUT2D eigenvalue weighted by Crippen LogP contribution is 2.28.